The number of morpholine rings is 1. The van der Waals surface area contributed by atoms with E-state index in [1.165, 1.54) is 0 Å². The Morgan fingerprint density at radius 2 is 1.96 bits per heavy atom. The van der Waals surface area contributed by atoms with Crippen molar-refractivity contribution in [2.75, 3.05) is 38.2 Å². The van der Waals surface area contributed by atoms with Crippen molar-refractivity contribution in [2.24, 2.45) is 0 Å². The number of hydrogen-bond acceptors (Lipinski definition) is 7. The monoisotopic (exact) mass is 346 g/mol. The average molecular weight is 346 g/mol. The van der Waals surface area contributed by atoms with Crippen molar-refractivity contribution < 1.29 is 13.9 Å². The summed E-state index contributed by atoms with van der Waals surface area (Å²) < 4.78 is 17.1. The Morgan fingerprint density at radius 3 is 2.64 bits per heavy atom. The third-order valence-corrected chi connectivity index (χ3v) is 4.05. The summed E-state index contributed by atoms with van der Waals surface area (Å²) in [6, 6.07) is 4.14. The Bertz CT molecular complexity index is 668. The van der Waals surface area contributed by atoms with Gasteiger partial charge < -0.3 is 19.2 Å². The molecule has 0 amide bonds. The van der Waals surface area contributed by atoms with Crippen LogP contribution in [0.25, 0.3) is 0 Å². The molecule has 1 aliphatic heterocycles. The molecule has 136 valence electrons. The zero-order chi connectivity index (χ0) is 17.6. The summed E-state index contributed by atoms with van der Waals surface area (Å²) in [5, 5.41) is 3.38. The normalized spacial score (nSPS) is 16.8. The molecule has 0 unspecified atom stereocenters. The summed E-state index contributed by atoms with van der Waals surface area (Å²) in [6.45, 7) is 9.79. The van der Waals surface area contributed by atoms with E-state index in [2.05, 4.69) is 20.2 Å². The molecule has 7 nitrogen and oxygen atoms in total. The molecule has 1 fully saturated rings. The van der Waals surface area contributed by atoms with Gasteiger partial charge in [0.2, 0.25) is 0 Å². The first-order chi connectivity index (χ1) is 12.1. The number of rotatable bonds is 7. The van der Waals surface area contributed by atoms with Crippen molar-refractivity contribution >= 4 is 5.82 Å². The van der Waals surface area contributed by atoms with Crippen LogP contribution in [0.1, 0.15) is 31.4 Å². The van der Waals surface area contributed by atoms with Crippen molar-refractivity contribution in [3.05, 3.63) is 36.0 Å². The maximum Gasteiger partial charge on any atom is 0.257 e. The Labute approximate surface area is 148 Å². The van der Waals surface area contributed by atoms with Gasteiger partial charge in [-0.2, -0.15) is 0 Å². The molecule has 1 atom stereocenters. The van der Waals surface area contributed by atoms with Crippen LogP contribution in [-0.2, 0) is 4.74 Å². The lowest BCUT2D eigenvalue weighted by molar-refractivity contribution is 0.0143. The Morgan fingerprint density at radius 1 is 1.20 bits per heavy atom. The topological polar surface area (TPSA) is 72.7 Å². The number of aryl methyl sites for hydroxylation is 1. The highest BCUT2D eigenvalue weighted by atomic mass is 16.5. The van der Waals surface area contributed by atoms with Crippen LogP contribution >= 0.6 is 0 Å². The molecule has 7 heteroatoms. The second-order valence-corrected chi connectivity index (χ2v) is 6.37. The van der Waals surface area contributed by atoms with E-state index < -0.39 is 0 Å². The number of hydrogen-bond donors (Lipinski definition) is 1. The summed E-state index contributed by atoms with van der Waals surface area (Å²) in [4.78, 5) is 11.0. The molecule has 0 bridgehead atoms. The van der Waals surface area contributed by atoms with Gasteiger partial charge >= 0.3 is 0 Å². The van der Waals surface area contributed by atoms with Crippen LogP contribution in [0.2, 0.25) is 0 Å². The van der Waals surface area contributed by atoms with Crippen LogP contribution in [0, 0.1) is 6.92 Å². The molecule has 0 aliphatic carbocycles. The lowest BCUT2D eigenvalue weighted by atomic mass is 10.1. The van der Waals surface area contributed by atoms with Gasteiger partial charge in [-0.3, -0.25) is 4.90 Å². The molecule has 0 saturated carbocycles. The average Bonchev–Trinajstić information content (AvgIpc) is 3.03. The molecule has 0 aromatic carbocycles. The number of aromatic nitrogens is 2. The summed E-state index contributed by atoms with van der Waals surface area (Å²) in [5.41, 5.74) is 0. The van der Waals surface area contributed by atoms with Crippen LogP contribution in [0.3, 0.4) is 0 Å². The van der Waals surface area contributed by atoms with E-state index in [1.807, 2.05) is 32.9 Å². The molecule has 0 spiro atoms. The maximum absolute atomic E-state index is 5.89. The van der Waals surface area contributed by atoms with Crippen molar-refractivity contribution in [2.45, 2.75) is 32.9 Å². The maximum atomic E-state index is 5.89. The summed E-state index contributed by atoms with van der Waals surface area (Å²) in [6.07, 6.45) is 3.34. The molecule has 1 aliphatic rings. The van der Waals surface area contributed by atoms with Gasteiger partial charge in [0.15, 0.2) is 5.82 Å². The van der Waals surface area contributed by atoms with Crippen LogP contribution in [0.4, 0.5) is 5.82 Å². The van der Waals surface area contributed by atoms with Crippen LogP contribution in [-0.4, -0.2) is 53.8 Å². The van der Waals surface area contributed by atoms with Gasteiger partial charge in [-0.1, -0.05) is 0 Å². The third-order valence-electron chi connectivity index (χ3n) is 4.05. The van der Waals surface area contributed by atoms with Crippen molar-refractivity contribution in [3.8, 4) is 5.88 Å². The Balaban J connectivity index is 1.74. The fourth-order valence-corrected chi connectivity index (χ4v) is 2.88. The van der Waals surface area contributed by atoms with Gasteiger partial charge in [-0.25, -0.2) is 9.97 Å². The molecular formula is C18H26N4O3. The highest BCUT2D eigenvalue weighted by Gasteiger charge is 2.25. The molecule has 2 aromatic rings. The van der Waals surface area contributed by atoms with E-state index in [-0.39, 0.29) is 12.1 Å². The fraction of sp³-hybridized carbons (Fsp3) is 0.556. The minimum absolute atomic E-state index is 0.0417. The Hall–Kier alpha value is -2.12. The molecular weight excluding hydrogens is 320 g/mol. The first-order valence-electron chi connectivity index (χ1n) is 8.73. The van der Waals surface area contributed by atoms with Gasteiger partial charge in [0.25, 0.3) is 5.88 Å². The number of nitrogens with zero attached hydrogens (tertiary/aromatic N) is 3. The first kappa shape index (κ1) is 17.7. The summed E-state index contributed by atoms with van der Waals surface area (Å²) in [7, 11) is 0. The van der Waals surface area contributed by atoms with E-state index in [9.17, 15) is 0 Å². The Kier molecular flexibility index (Phi) is 5.88. The SMILES string of the molecule is Cc1ccc([C@H](CNc2nccnc2OC(C)C)N2CCOCC2)o1. The van der Waals surface area contributed by atoms with E-state index in [0.29, 0.717) is 18.2 Å². The number of ether oxygens (including phenoxy) is 2. The number of nitrogens with one attached hydrogen (secondary N) is 1. The van der Waals surface area contributed by atoms with E-state index in [0.717, 1.165) is 37.8 Å². The van der Waals surface area contributed by atoms with Gasteiger partial charge in [0, 0.05) is 32.0 Å². The van der Waals surface area contributed by atoms with Crippen LogP contribution in [0.5, 0.6) is 5.88 Å². The molecule has 3 heterocycles. The minimum Gasteiger partial charge on any atom is -0.472 e. The van der Waals surface area contributed by atoms with Crippen molar-refractivity contribution in [1.82, 2.24) is 14.9 Å². The quantitative estimate of drug-likeness (QED) is 0.826. The van der Waals surface area contributed by atoms with Gasteiger partial charge in [-0.05, 0) is 32.9 Å². The van der Waals surface area contributed by atoms with Gasteiger partial charge in [0.1, 0.15) is 11.5 Å². The molecule has 0 radical (unpaired) electrons. The van der Waals surface area contributed by atoms with Crippen molar-refractivity contribution in [3.63, 3.8) is 0 Å². The lowest BCUT2D eigenvalue weighted by Gasteiger charge is -2.33. The van der Waals surface area contributed by atoms with Crippen LogP contribution < -0.4 is 10.1 Å². The zero-order valence-corrected chi connectivity index (χ0v) is 15.1. The van der Waals surface area contributed by atoms with Crippen LogP contribution in [0.15, 0.2) is 28.9 Å². The molecule has 1 saturated heterocycles. The predicted molar refractivity (Wildman–Crippen MR) is 94.9 cm³/mol. The molecule has 1 N–H and O–H groups in total. The van der Waals surface area contributed by atoms with E-state index in [4.69, 9.17) is 13.9 Å². The second-order valence-electron chi connectivity index (χ2n) is 6.37. The third kappa shape index (κ3) is 4.70. The largest absolute Gasteiger partial charge is 0.472 e. The summed E-state index contributed by atoms with van der Waals surface area (Å²) >= 11 is 0. The van der Waals surface area contributed by atoms with Crippen molar-refractivity contribution in [1.29, 1.82) is 0 Å². The summed E-state index contributed by atoms with van der Waals surface area (Å²) in [5.74, 6) is 3.03. The lowest BCUT2D eigenvalue weighted by Crippen LogP contribution is -2.41. The van der Waals surface area contributed by atoms with E-state index >= 15 is 0 Å². The molecule has 3 rings (SSSR count). The highest BCUT2D eigenvalue weighted by Crippen LogP contribution is 2.26. The minimum atomic E-state index is 0.0417. The number of furan rings is 1. The first-order valence-corrected chi connectivity index (χ1v) is 8.73. The highest BCUT2D eigenvalue weighted by molar-refractivity contribution is 5.45. The van der Waals surface area contributed by atoms with Gasteiger partial charge in [-0.15, -0.1) is 0 Å². The fourth-order valence-electron chi connectivity index (χ4n) is 2.88. The number of anilines is 1. The molecule has 25 heavy (non-hydrogen) atoms. The van der Waals surface area contributed by atoms with E-state index in [1.54, 1.807) is 12.4 Å². The molecule has 2 aromatic heterocycles. The second kappa shape index (κ2) is 8.31. The predicted octanol–water partition coefficient (Wildman–Crippen LogP) is 2.65. The standard InChI is InChI=1S/C18H26N4O3/c1-13(2)24-18-17(19-6-7-20-18)21-12-15(16-5-4-14(3)25-16)22-8-10-23-11-9-22/h4-7,13,15H,8-12H2,1-3H3,(H,19,21)/t15-/m0/s1. The van der Waals surface area contributed by atoms with Gasteiger partial charge in [0.05, 0.1) is 25.4 Å². The zero-order valence-electron chi connectivity index (χ0n) is 15.1. The smallest absolute Gasteiger partial charge is 0.257 e.